The van der Waals surface area contributed by atoms with Crippen molar-refractivity contribution in [3.63, 3.8) is 0 Å². The van der Waals surface area contributed by atoms with Crippen molar-refractivity contribution in [1.82, 2.24) is 0 Å². The second-order valence-corrected chi connectivity index (χ2v) is 6.10. The molecule has 2 atom stereocenters. The van der Waals surface area contributed by atoms with Crippen molar-refractivity contribution in [1.29, 1.82) is 0 Å². The standard InChI is InChI=1S/C6H8O8S2.2K/c7-4-1-2-6(8,16(12,13)14)5(3-4)15(9,10)11;;/h1-3,5,7-8H,(H,9,10,11)(H,12,13,14);;/q;2*+1/p-2. The van der Waals surface area contributed by atoms with Crippen molar-refractivity contribution >= 4 is 20.2 Å². The number of hydrogen-bond acceptors (Lipinski definition) is 8. The van der Waals surface area contributed by atoms with Crippen molar-refractivity contribution in [2.75, 3.05) is 0 Å². The molecule has 12 heteroatoms. The summed E-state index contributed by atoms with van der Waals surface area (Å²) in [7, 11) is -10.8. The smallest absolute Gasteiger partial charge is 0.747 e. The molecule has 2 N–H and O–H groups in total. The molecule has 18 heavy (non-hydrogen) atoms. The van der Waals surface area contributed by atoms with E-state index < -0.39 is 36.2 Å². The van der Waals surface area contributed by atoms with Gasteiger partial charge < -0.3 is 19.3 Å². The van der Waals surface area contributed by atoms with Crippen molar-refractivity contribution in [3.05, 3.63) is 24.0 Å². The number of allylic oxidation sites excluding steroid dienone is 1. The van der Waals surface area contributed by atoms with Gasteiger partial charge in [0.25, 0.3) is 0 Å². The van der Waals surface area contributed by atoms with E-state index in [1.54, 1.807) is 0 Å². The van der Waals surface area contributed by atoms with Crippen LogP contribution >= 0.6 is 0 Å². The monoisotopic (exact) mass is 348 g/mol. The fraction of sp³-hybridized carbons (Fsp3) is 0.333. The summed E-state index contributed by atoms with van der Waals surface area (Å²) in [4.78, 5) is -3.40. The molecular weight excluding hydrogens is 342 g/mol. The quantitative estimate of drug-likeness (QED) is 0.368. The third-order valence-electron chi connectivity index (χ3n) is 1.93. The molecule has 0 saturated heterocycles. The Labute approximate surface area is 189 Å². The maximum atomic E-state index is 10.7. The molecular formula is C6H6K2O8S2. The molecule has 0 bridgehead atoms. The van der Waals surface area contributed by atoms with Crippen LogP contribution in [0.4, 0.5) is 0 Å². The van der Waals surface area contributed by atoms with Gasteiger partial charge in [-0.05, 0) is 18.2 Å². The first kappa shape index (κ1) is 22.6. The van der Waals surface area contributed by atoms with E-state index in [0.29, 0.717) is 6.08 Å². The molecule has 0 aromatic heterocycles. The van der Waals surface area contributed by atoms with Gasteiger partial charge >= 0.3 is 103 Å². The van der Waals surface area contributed by atoms with Gasteiger partial charge in [-0.15, -0.1) is 0 Å². The minimum absolute atomic E-state index is 0. The second-order valence-electron chi connectivity index (χ2n) is 3.04. The van der Waals surface area contributed by atoms with E-state index in [4.69, 9.17) is 5.11 Å². The van der Waals surface area contributed by atoms with Crippen LogP contribution in [0.1, 0.15) is 0 Å². The van der Waals surface area contributed by atoms with Gasteiger partial charge in [0, 0.05) is 0 Å². The molecule has 0 heterocycles. The van der Waals surface area contributed by atoms with Gasteiger partial charge in [-0.2, -0.15) is 0 Å². The molecule has 0 spiro atoms. The average Bonchev–Trinajstić information content (AvgIpc) is 2.05. The van der Waals surface area contributed by atoms with Crippen LogP contribution in [-0.4, -0.2) is 46.3 Å². The van der Waals surface area contributed by atoms with Crippen molar-refractivity contribution < 1.29 is 139 Å². The topological polar surface area (TPSA) is 155 Å². The minimum atomic E-state index is -5.50. The predicted molar refractivity (Wildman–Crippen MR) is 48.0 cm³/mol. The summed E-state index contributed by atoms with van der Waals surface area (Å²) < 4.78 is 64.2. The van der Waals surface area contributed by atoms with Gasteiger partial charge in [0.2, 0.25) is 0 Å². The Kier molecular flexibility index (Phi) is 9.49. The molecule has 0 aromatic carbocycles. The Bertz CT molecular complexity index is 562. The Morgan fingerprint density at radius 2 is 1.61 bits per heavy atom. The molecule has 1 rings (SSSR count). The van der Waals surface area contributed by atoms with Gasteiger partial charge in [-0.25, -0.2) is 16.8 Å². The van der Waals surface area contributed by atoms with Crippen molar-refractivity contribution in [3.8, 4) is 0 Å². The van der Waals surface area contributed by atoms with E-state index in [0.717, 1.165) is 0 Å². The zero-order valence-electron chi connectivity index (χ0n) is 9.47. The maximum absolute atomic E-state index is 10.7. The van der Waals surface area contributed by atoms with Crippen LogP contribution in [0.25, 0.3) is 0 Å². The van der Waals surface area contributed by atoms with Gasteiger partial charge in [0.1, 0.15) is 31.2 Å². The molecule has 0 aromatic rings. The van der Waals surface area contributed by atoms with Gasteiger partial charge in [0.15, 0.2) is 4.93 Å². The van der Waals surface area contributed by atoms with Gasteiger partial charge in [-0.3, -0.25) is 0 Å². The fourth-order valence-electron chi connectivity index (χ4n) is 1.15. The van der Waals surface area contributed by atoms with E-state index in [1.807, 2.05) is 0 Å². The van der Waals surface area contributed by atoms with Gasteiger partial charge in [-0.1, -0.05) is 0 Å². The average molecular weight is 348 g/mol. The first-order valence-electron chi connectivity index (χ1n) is 3.71. The van der Waals surface area contributed by atoms with Crippen LogP contribution in [0.2, 0.25) is 0 Å². The van der Waals surface area contributed by atoms with Crippen molar-refractivity contribution in [2.45, 2.75) is 10.2 Å². The summed E-state index contributed by atoms with van der Waals surface area (Å²) >= 11 is 0. The fourth-order valence-corrected chi connectivity index (χ4v) is 3.24. The Morgan fingerprint density at radius 3 is 1.94 bits per heavy atom. The van der Waals surface area contributed by atoms with Crippen LogP contribution in [0.5, 0.6) is 0 Å². The van der Waals surface area contributed by atoms with E-state index in [1.165, 1.54) is 0 Å². The first-order valence-corrected chi connectivity index (χ1v) is 6.59. The Balaban J connectivity index is 0. The second kappa shape index (κ2) is 7.55. The van der Waals surface area contributed by atoms with E-state index in [-0.39, 0.29) is 115 Å². The zero-order valence-corrected chi connectivity index (χ0v) is 17.3. The van der Waals surface area contributed by atoms with Crippen LogP contribution in [0.15, 0.2) is 24.0 Å². The molecule has 0 saturated carbocycles. The Hall–Kier alpha value is 2.33. The first-order chi connectivity index (χ1) is 6.98. The summed E-state index contributed by atoms with van der Waals surface area (Å²) in [6.07, 6.45) is 1.15. The normalized spacial score (nSPS) is 27.7. The van der Waals surface area contributed by atoms with E-state index >= 15 is 0 Å². The number of aliphatic hydroxyl groups is 2. The maximum Gasteiger partial charge on any atom is 1.00 e. The van der Waals surface area contributed by atoms with E-state index in [9.17, 15) is 31.0 Å². The van der Waals surface area contributed by atoms with Crippen LogP contribution in [-0.2, 0) is 20.2 Å². The molecule has 1 aliphatic carbocycles. The molecule has 0 amide bonds. The summed E-state index contributed by atoms with van der Waals surface area (Å²) in [6.45, 7) is 0. The molecule has 8 nitrogen and oxygen atoms in total. The number of hydrogen-bond donors (Lipinski definition) is 2. The molecule has 2 unspecified atom stereocenters. The summed E-state index contributed by atoms with van der Waals surface area (Å²) in [5, 5.41) is 15.7. The van der Waals surface area contributed by atoms with Crippen LogP contribution in [0.3, 0.4) is 0 Å². The predicted octanol–water partition coefficient (Wildman–Crippen LogP) is -7.85. The summed E-state index contributed by atoms with van der Waals surface area (Å²) in [5.41, 5.74) is 0. The minimum Gasteiger partial charge on any atom is -0.747 e. The van der Waals surface area contributed by atoms with Gasteiger partial charge in [0.05, 0.1) is 0 Å². The SMILES string of the molecule is O=S(=O)([O-])C1C=C(O)C=CC1(O)S(=O)(=O)[O-].[K+].[K+]. The Morgan fingerprint density at radius 1 is 1.17 bits per heavy atom. The third kappa shape index (κ3) is 4.96. The third-order valence-corrected chi connectivity index (χ3v) is 4.39. The molecule has 92 valence electrons. The van der Waals surface area contributed by atoms with E-state index in [2.05, 4.69) is 0 Å². The number of aliphatic hydroxyl groups excluding tert-OH is 1. The summed E-state index contributed by atoms with van der Waals surface area (Å²) in [5.74, 6) is -0.738. The van der Waals surface area contributed by atoms with Crippen molar-refractivity contribution in [2.24, 2.45) is 0 Å². The van der Waals surface area contributed by atoms with Crippen LogP contribution in [0, 0.1) is 0 Å². The zero-order chi connectivity index (χ0) is 12.8. The number of rotatable bonds is 2. The molecule has 0 fully saturated rings. The van der Waals surface area contributed by atoms with Crippen LogP contribution < -0.4 is 103 Å². The largest absolute Gasteiger partial charge is 1.00 e. The molecule has 0 radical (unpaired) electrons. The molecule has 0 aliphatic heterocycles. The molecule has 1 aliphatic rings. The summed E-state index contributed by atoms with van der Waals surface area (Å²) in [6, 6.07) is 0.